The average molecular weight is 423 g/mol. The summed E-state index contributed by atoms with van der Waals surface area (Å²) in [6.07, 6.45) is 0.648. The van der Waals surface area contributed by atoms with E-state index in [-0.39, 0.29) is 18.6 Å². The molecule has 2 bridgehead atoms. The summed E-state index contributed by atoms with van der Waals surface area (Å²) in [4.78, 5) is 52.7. The van der Waals surface area contributed by atoms with E-state index < -0.39 is 53.0 Å². The number of carbonyl (C=O) groups excluding carboxylic acids is 4. The largest absolute Gasteiger partial charge is 0.458 e. The Bertz CT molecular complexity index is 792. The number of Topliss-reactive ketones (excluding diaryl/α,β-unsaturated/α-hetero) is 1. The fourth-order valence-electron chi connectivity index (χ4n) is 3.98. The maximum atomic E-state index is 13.1. The summed E-state index contributed by atoms with van der Waals surface area (Å²) in [5.74, 6) is -3.06. The Balaban J connectivity index is 2.01. The third kappa shape index (κ3) is 4.13. The van der Waals surface area contributed by atoms with E-state index in [4.69, 9.17) is 18.9 Å². The molecule has 9 heteroatoms. The SMILES string of the molecule is CC(=O)O[C@]1(C)C(=O)OC/C2=C/CN(C)CC[C@@H](OC(=O)C3(C[C@H]1C)O[C@@H]3C)C2=O. The van der Waals surface area contributed by atoms with Gasteiger partial charge in [0, 0.05) is 37.9 Å². The lowest BCUT2D eigenvalue weighted by molar-refractivity contribution is -0.187. The van der Waals surface area contributed by atoms with Crippen LogP contribution in [0.2, 0.25) is 0 Å². The molecule has 166 valence electrons. The van der Waals surface area contributed by atoms with Crippen molar-refractivity contribution in [1.82, 2.24) is 4.90 Å². The highest BCUT2D eigenvalue weighted by molar-refractivity contribution is 6.01. The summed E-state index contributed by atoms with van der Waals surface area (Å²) in [6.45, 7) is 6.82. The van der Waals surface area contributed by atoms with Crippen molar-refractivity contribution in [2.75, 3.05) is 26.7 Å². The third-order valence-corrected chi connectivity index (χ3v) is 6.28. The molecule has 0 saturated carbocycles. The molecule has 0 aromatic rings. The minimum atomic E-state index is -1.65. The number of likely N-dealkylation sites (N-methyl/N-ethyl adjacent to an activating group) is 1. The lowest BCUT2D eigenvalue weighted by atomic mass is 9.81. The molecule has 0 aromatic heterocycles. The Hall–Kier alpha value is -2.26. The number of ketones is 1. The highest BCUT2D eigenvalue weighted by Gasteiger charge is 2.64. The Morgan fingerprint density at radius 1 is 1.23 bits per heavy atom. The van der Waals surface area contributed by atoms with Gasteiger partial charge >= 0.3 is 17.9 Å². The second kappa shape index (κ2) is 8.11. The quantitative estimate of drug-likeness (QED) is 0.343. The number of rotatable bonds is 1. The van der Waals surface area contributed by atoms with E-state index in [0.717, 1.165) is 0 Å². The van der Waals surface area contributed by atoms with E-state index in [1.165, 1.54) is 13.8 Å². The van der Waals surface area contributed by atoms with E-state index in [1.807, 2.05) is 11.9 Å². The van der Waals surface area contributed by atoms with Gasteiger partial charge in [-0.1, -0.05) is 13.0 Å². The zero-order valence-electron chi connectivity index (χ0n) is 18.1. The molecule has 0 amide bonds. The number of cyclic esters (lactones) is 1. The van der Waals surface area contributed by atoms with E-state index in [2.05, 4.69) is 0 Å². The minimum absolute atomic E-state index is 0.0788. The molecule has 0 N–H and O–H groups in total. The Labute approximate surface area is 175 Å². The van der Waals surface area contributed by atoms with Crippen molar-refractivity contribution in [2.45, 2.75) is 63.9 Å². The number of ether oxygens (including phenoxy) is 4. The molecule has 2 saturated heterocycles. The first-order valence-corrected chi connectivity index (χ1v) is 10.2. The molecule has 0 aliphatic carbocycles. The van der Waals surface area contributed by atoms with Gasteiger partial charge in [-0.3, -0.25) is 9.59 Å². The maximum absolute atomic E-state index is 13.1. The second-order valence-corrected chi connectivity index (χ2v) is 8.57. The first-order chi connectivity index (χ1) is 14.0. The fourth-order valence-corrected chi connectivity index (χ4v) is 3.98. The topological polar surface area (TPSA) is 112 Å². The molecule has 3 aliphatic rings. The van der Waals surface area contributed by atoms with Gasteiger partial charge in [0.15, 0.2) is 11.7 Å². The molecule has 3 rings (SSSR count). The van der Waals surface area contributed by atoms with Gasteiger partial charge in [0.1, 0.15) is 6.61 Å². The second-order valence-electron chi connectivity index (χ2n) is 8.57. The Morgan fingerprint density at radius 3 is 2.50 bits per heavy atom. The van der Waals surface area contributed by atoms with Crippen LogP contribution in [0.5, 0.6) is 0 Å². The maximum Gasteiger partial charge on any atom is 0.350 e. The van der Waals surface area contributed by atoms with Crippen LogP contribution in [0.4, 0.5) is 0 Å². The number of nitrogens with zero attached hydrogens (tertiary/aromatic N) is 1. The van der Waals surface area contributed by atoms with Gasteiger partial charge in [0.05, 0.1) is 6.10 Å². The van der Waals surface area contributed by atoms with Gasteiger partial charge in [-0.15, -0.1) is 0 Å². The van der Waals surface area contributed by atoms with Crippen molar-refractivity contribution < 1.29 is 38.1 Å². The van der Waals surface area contributed by atoms with Crippen LogP contribution in [-0.2, 0) is 38.1 Å². The van der Waals surface area contributed by atoms with Crippen molar-refractivity contribution in [3.8, 4) is 0 Å². The van der Waals surface area contributed by atoms with Crippen LogP contribution in [0, 0.1) is 5.92 Å². The highest BCUT2D eigenvalue weighted by atomic mass is 16.7. The van der Waals surface area contributed by atoms with Crippen LogP contribution in [0.3, 0.4) is 0 Å². The molecule has 30 heavy (non-hydrogen) atoms. The minimum Gasteiger partial charge on any atom is -0.458 e. The number of carbonyl (C=O) groups is 4. The van der Waals surface area contributed by atoms with E-state index in [0.29, 0.717) is 19.5 Å². The molecule has 0 aromatic carbocycles. The summed E-state index contributed by atoms with van der Waals surface area (Å²) in [5, 5.41) is 0. The average Bonchev–Trinajstić information content (AvgIpc) is 3.32. The lowest BCUT2D eigenvalue weighted by Crippen LogP contribution is -2.50. The number of epoxide rings is 1. The van der Waals surface area contributed by atoms with Crippen molar-refractivity contribution in [1.29, 1.82) is 0 Å². The standard InChI is InChI=1S/C21H29NO8/c1-12-10-21(13(2)29-21)19(26)28-16-7-9-22(5)8-6-15(17(16)24)11-27-18(25)20(12,4)30-14(3)23/h6,12-13,16H,7-11H2,1-5H3/b15-6-/t12-,13-,16-,20+,21?/m1/s1. The monoisotopic (exact) mass is 423 g/mol. The van der Waals surface area contributed by atoms with Gasteiger partial charge in [-0.05, 0) is 27.3 Å². The van der Waals surface area contributed by atoms with Crippen LogP contribution in [0.15, 0.2) is 11.6 Å². The van der Waals surface area contributed by atoms with Crippen molar-refractivity contribution >= 4 is 23.7 Å². The van der Waals surface area contributed by atoms with E-state index in [9.17, 15) is 19.2 Å². The molecule has 1 spiro atoms. The smallest absolute Gasteiger partial charge is 0.350 e. The van der Waals surface area contributed by atoms with Gasteiger partial charge in [0.25, 0.3) is 0 Å². The van der Waals surface area contributed by atoms with Crippen LogP contribution >= 0.6 is 0 Å². The predicted molar refractivity (Wildman–Crippen MR) is 103 cm³/mol. The summed E-state index contributed by atoms with van der Waals surface area (Å²) in [7, 11) is 1.88. The van der Waals surface area contributed by atoms with Gasteiger partial charge in [-0.25, -0.2) is 9.59 Å². The first kappa shape index (κ1) is 22.4. The molecule has 5 atom stereocenters. The summed E-state index contributed by atoms with van der Waals surface area (Å²) in [6, 6.07) is 0. The van der Waals surface area contributed by atoms with Gasteiger partial charge in [-0.2, -0.15) is 0 Å². The van der Waals surface area contributed by atoms with Crippen LogP contribution in [-0.4, -0.2) is 78.7 Å². The predicted octanol–water partition coefficient (Wildman–Crippen LogP) is 0.792. The summed E-state index contributed by atoms with van der Waals surface area (Å²) < 4.78 is 22.0. The molecular formula is C21H29NO8. The third-order valence-electron chi connectivity index (χ3n) is 6.28. The molecule has 2 fully saturated rings. The molecule has 3 heterocycles. The first-order valence-electron chi connectivity index (χ1n) is 10.2. The van der Waals surface area contributed by atoms with Crippen molar-refractivity contribution in [3.63, 3.8) is 0 Å². The number of esters is 3. The zero-order chi connectivity index (χ0) is 22.3. The Morgan fingerprint density at radius 2 is 1.90 bits per heavy atom. The van der Waals surface area contributed by atoms with E-state index >= 15 is 0 Å². The van der Waals surface area contributed by atoms with Crippen LogP contribution < -0.4 is 0 Å². The van der Waals surface area contributed by atoms with Crippen LogP contribution in [0.1, 0.15) is 40.5 Å². The number of hydrogen-bond donors (Lipinski definition) is 0. The summed E-state index contributed by atoms with van der Waals surface area (Å²) >= 11 is 0. The fraction of sp³-hybridized carbons (Fsp3) is 0.714. The Kier molecular flexibility index (Phi) is 6.06. The summed E-state index contributed by atoms with van der Waals surface area (Å²) in [5.41, 5.74) is -2.70. The van der Waals surface area contributed by atoms with Gasteiger partial charge in [0.2, 0.25) is 11.4 Å². The molecule has 3 aliphatic heterocycles. The normalized spacial score (nSPS) is 40.0. The van der Waals surface area contributed by atoms with Crippen LogP contribution in [0.25, 0.3) is 0 Å². The molecule has 0 radical (unpaired) electrons. The van der Waals surface area contributed by atoms with Crippen molar-refractivity contribution in [2.24, 2.45) is 5.92 Å². The number of fused-ring (bicyclic) bond motifs is 2. The van der Waals surface area contributed by atoms with Crippen molar-refractivity contribution in [3.05, 3.63) is 11.6 Å². The number of hydrogen-bond acceptors (Lipinski definition) is 9. The molecule has 1 unspecified atom stereocenters. The van der Waals surface area contributed by atoms with Gasteiger partial charge < -0.3 is 23.8 Å². The van der Waals surface area contributed by atoms with E-state index in [1.54, 1.807) is 19.9 Å². The zero-order valence-corrected chi connectivity index (χ0v) is 18.1. The highest BCUT2D eigenvalue weighted by Crippen LogP contribution is 2.46. The molecule has 9 nitrogen and oxygen atoms in total. The lowest BCUT2D eigenvalue weighted by Gasteiger charge is -2.35. The molecular weight excluding hydrogens is 394 g/mol.